The van der Waals surface area contributed by atoms with Crippen molar-refractivity contribution in [2.45, 2.75) is 271 Å². The number of rotatable bonds is 52. The molecule has 390 valence electrons. The summed E-state index contributed by atoms with van der Waals surface area (Å²) in [5, 5.41) is 0. The van der Waals surface area contributed by atoms with Gasteiger partial charge in [0.1, 0.15) is 19.3 Å². The summed E-state index contributed by atoms with van der Waals surface area (Å²) in [4.78, 5) is 25.3. The van der Waals surface area contributed by atoms with Crippen molar-refractivity contribution in [3.63, 3.8) is 0 Å². The van der Waals surface area contributed by atoms with Gasteiger partial charge in [-0.3, -0.25) is 9.59 Å². The first-order valence-electron chi connectivity index (χ1n) is 28.8. The summed E-state index contributed by atoms with van der Waals surface area (Å²) >= 11 is 0. The van der Waals surface area contributed by atoms with E-state index in [-0.39, 0.29) is 25.2 Å². The zero-order valence-corrected chi connectivity index (χ0v) is 44.8. The molecule has 1 atom stereocenters. The Kier molecular flexibility index (Phi) is 55.4. The summed E-state index contributed by atoms with van der Waals surface area (Å²) in [6, 6.07) is 0. The first-order valence-corrected chi connectivity index (χ1v) is 28.8. The van der Waals surface area contributed by atoms with Crippen molar-refractivity contribution in [2.24, 2.45) is 0 Å². The minimum Gasteiger partial charge on any atom is -0.463 e. The largest absolute Gasteiger partial charge is 0.463 e. The first-order chi connectivity index (χ1) is 33.6. The Morgan fingerprint density at radius 2 is 0.574 bits per heavy atom. The molecule has 0 aromatic rings. The Bertz CT molecular complexity index is 1300. The van der Waals surface area contributed by atoms with Crippen LogP contribution in [0.15, 0.2) is 97.2 Å². The average molecular weight is 946 g/mol. The van der Waals surface area contributed by atoms with Gasteiger partial charge in [-0.1, -0.05) is 246 Å². The van der Waals surface area contributed by atoms with Crippen molar-refractivity contribution in [2.75, 3.05) is 19.8 Å². The minimum atomic E-state index is -0.440. The van der Waals surface area contributed by atoms with E-state index < -0.39 is 6.10 Å². The fourth-order valence-corrected chi connectivity index (χ4v) is 7.76. The number of unbranched alkanes of at least 4 members (excludes halogenated alkanes) is 25. The van der Waals surface area contributed by atoms with E-state index in [0.29, 0.717) is 19.4 Å². The predicted molar refractivity (Wildman–Crippen MR) is 297 cm³/mol. The van der Waals surface area contributed by atoms with E-state index in [1.165, 1.54) is 141 Å². The van der Waals surface area contributed by atoms with Crippen LogP contribution in [-0.2, 0) is 23.8 Å². The van der Waals surface area contributed by atoms with E-state index in [1.54, 1.807) is 0 Å². The maximum Gasteiger partial charge on any atom is 0.305 e. The van der Waals surface area contributed by atoms with Crippen LogP contribution in [0.2, 0.25) is 0 Å². The number of ether oxygens (including phenoxy) is 3. The maximum absolute atomic E-state index is 12.7. The molecule has 0 aliphatic heterocycles. The Balaban J connectivity index is 4.41. The lowest BCUT2D eigenvalue weighted by Crippen LogP contribution is -2.29. The molecule has 0 aliphatic carbocycles. The quantitative estimate of drug-likeness (QED) is 0.0345. The second-order valence-corrected chi connectivity index (χ2v) is 18.8. The van der Waals surface area contributed by atoms with E-state index >= 15 is 0 Å². The molecule has 0 rings (SSSR count). The first kappa shape index (κ1) is 64.8. The van der Waals surface area contributed by atoms with Gasteiger partial charge in [-0.25, -0.2) is 0 Å². The summed E-state index contributed by atoms with van der Waals surface area (Å²) in [5.41, 5.74) is 0. The molecule has 0 saturated carbocycles. The van der Waals surface area contributed by atoms with Gasteiger partial charge in [0.2, 0.25) is 0 Å². The molecule has 0 aliphatic rings. The molecule has 0 spiro atoms. The highest BCUT2D eigenvalue weighted by Crippen LogP contribution is 2.15. The van der Waals surface area contributed by atoms with Crippen molar-refractivity contribution >= 4 is 11.9 Å². The Labute approximate surface area is 422 Å². The zero-order valence-electron chi connectivity index (χ0n) is 44.8. The van der Waals surface area contributed by atoms with Crippen molar-refractivity contribution in [1.82, 2.24) is 0 Å². The number of carbonyl (C=O) groups is 2. The number of allylic oxidation sites excluding steroid dienone is 16. The summed E-state index contributed by atoms with van der Waals surface area (Å²) < 4.78 is 17.4. The number of carbonyl (C=O) groups excluding carboxylic acids is 2. The standard InChI is InChI=1S/C63H108O5/c1-4-7-10-13-16-19-22-25-28-31-32-34-36-39-42-45-48-51-54-57-63(65)68-60-61(66-58-55-52-49-46-43-40-37-30-27-24-21-18-15-12-9-6-3)59-67-62(64)56-53-50-47-44-41-38-35-33-29-26-23-20-17-14-11-8-5-2/h16-17,19-20,25-26,28-29,32,34-35,38-39,42,44,47,61H,4-15,18,21-24,27,30-31,33,36-37,40-41,43,45-46,48-60H2,1-3H3/b19-16-,20-17-,28-25-,29-26-,34-32-,38-35-,42-39-,47-44-/t61-/m0/s1. The Morgan fingerprint density at radius 1 is 0.309 bits per heavy atom. The van der Waals surface area contributed by atoms with Crippen molar-refractivity contribution in [3.05, 3.63) is 97.2 Å². The summed E-state index contributed by atoms with van der Waals surface area (Å²) in [6.07, 6.45) is 78.8. The lowest BCUT2D eigenvalue weighted by atomic mass is 10.0. The van der Waals surface area contributed by atoms with Gasteiger partial charge in [-0.2, -0.15) is 0 Å². The van der Waals surface area contributed by atoms with Crippen LogP contribution in [0, 0.1) is 0 Å². The van der Waals surface area contributed by atoms with E-state index in [4.69, 9.17) is 14.2 Å². The third kappa shape index (κ3) is 55.4. The second-order valence-electron chi connectivity index (χ2n) is 18.8. The molecule has 0 aromatic heterocycles. The van der Waals surface area contributed by atoms with Crippen LogP contribution in [0.25, 0.3) is 0 Å². The van der Waals surface area contributed by atoms with Crippen LogP contribution < -0.4 is 0 Å². The van der Waals surface area contributed by atoms with E-state index in [9.17, 15) is 9.59 Å². The summed E-state index contributed by atoms with van der Waals surface area (Å²) in [7, 11) is 0. The molecule has 68 heavy (non-hydrogen) atoms. The predicted octanol–water partition coefficient (Wildman–Crippen LogP) is 19.8. The third-order valence-corrected chi connectivity index (χ3v) is 12.1. The fraction of sp³-hybridized carbons (Fsp3) is 0.714. The van der Waals surface area contributed by atoms with Crippen LogP contribution in [0.5, 0.6) is 0 Å². The van der Waals surface area contributed by atoms with Gasteiger partial charge in [-0.05, 0) is 103 Å². The SMILES string of the molecule is CCCCC/C=C\C/C=C\C/C=C\C/C=C\CCCCCC(=O)OC[C@H](COC(=O)CCC/C=C\C/C=C\C/C=C\C/C=C\CCCCC)OCCCCCCCCCCCCCCCCCC. The lowest BCUT2D eigenvalue weighted by molar-refractivity contribution is -0.155. The second kappa shape index (κ2) is 58.1. The molecule has 0 amide bonds. The third-order valence-electron chi connectivity index (χ3n) is 12.1. The van der Waals surface area contributed by atoms with Gasteiger partial charge in [0.25, 0.3) is 0 Å². The summed E-state index contributed by atoms with van der Waals surface area (Å²) in [6.45, 7) is 7.59. The van der Waals surface area contributed by atoms with Gasteiger partial charge < -0.3 is 14.2 Å². The maximum atomic E-state index is 12.7. The molecule has 0 saturated heterocycles. The monoisotopic (exact) mass is 945 g/mol. The van der Waals surface area contributed by atoms with Crippen LogP contribution in [0.1, 0.15) is 265 Å². The molecular formula is C63H108O5. The summed E-state index contributed by atoms with van der Waals surface area (Å²) in [5.74, 6) is -0.429. The molecule has 0 radical (unpaired) electrons. The molecule has 0 bridgehead atoms. The number of hydrogen-bond acceptors (Lipinski definition) is 5. The number of esters is 2. The molecule has 5 heteroatoms. The molecule has 0 aromatic carbocycles. The normalized spacial score (nSPS) is 12.9. The topological polar surface area (TPSA) is 61.8 Å². The van der Waals surface area contributed by atoms with Gasteiger partial charge in [0, 0.05) is 19.4 Å². The van der Waals surface area contributed by atoms with E-state index in [1.807, 2.05) is 0 Å². The Morgan fingerprint density at radius 3 is 0.941 bits per heavy atom. The molecule has 5 nitrogen and oxygen atoms in total. The van der Waals surface area contributed by atoms with Crippen LogP contribution >= 0.6 is 0 Å². The van der Waals surface area contributed by atoms with Crippen LogP contribution in [-0.4, -0.2) is 37.9 Å². The van der Waals surface area contributed by atoms with E-state index in [0.717, 1.165) is 89.9 Å². The van der Waals surface area contributed by atoms with Crippen LogP contribution in [0.3, 0.4) is 0 Å². The van der Waals surface area contributed by atoms with Gasteiger partial charge in [0.15, 0.2) is 0 Å². The van der Waals surface area contributed by atoms with Gasteiger partial charge in [-0.15, -0.1) is 0 Å². The molecule has 0 heterocycles. The minimum absolute atomic E-state index is 0.115. The Hall–Kier alpha value is -3.18. The highest BCUT2D eigenvalue weighted by atomic mass is 16.6. The molecular weight excluding hydrogens is 837 g/mol. The molecule has 0 N–H and O–H groups in total. The van der Waals surface area contributed by atoms with Gasteiger partial charge in [0.05, 0.1) is 0 Å². The lowest BCUT2D eigenvalue weighted by Gasteiger charge is -2.18. The number of hydrogen-bond donors (Lipinski definition) is 0. The van der Waals surface area contributed by atoms with Crippen molar-refractivity contribution < 1.29 is 23.8 Å². The van der Waals surface area contributed by atoms with Crippen molar-refractivity contribution in [1.29, 1.82) is 0 Å². The smallest absolute Gasteiger partial charge is 0.305 e. The zero-order chi connectivity index (χ0) is 49.2. The highest BCUT2D eigenvalue weighted by molar-refractivity contribution is 5.69. The highest BCUT2D eigenvalue weighted by Gasteiger charge is 2.16. The van der Waals surface area contributed by atoms with E-state index in [2.05, 4.69) is 118 Å². The fourth-order valence-electron chi connectivity index (χ4n) is 7.76. The van der Waals surface area contributed by atoms with Crippen molar-refractivity contribution in [3.8, 4) is 0 Å². The average Bonchev–Trinajstić information content (AvgIpc) is 3.34. The van der Waals surface area contributed by atoms with Crippen LogP contribution in [0.4, 0.5) is 0 Å². The molecule has 0 fully saturated rings. The molecule has 0 unspecified atom stereocenters. The van der Waals surface area contributed by atoms with Gasteiger partial charge >= 0.3 is 11.9 Å².